The van der Waals surface area contributed by atoms with Gasteiger partial charge in [-0.05, 0) is 25.0 Å². The second-order valence-corrected chi connectivity index (χ2v) is 7.13. The maximum Gasteiger partial charge on any atom is 0.471 e. The van der Waals surface area contributed by atoms with Gasteiger partial charge in [0.25, 0.3) is 5.91 Å². The average molecular weight is 361 g/mol. The molecule has 7 nitrogen and oxygen atoms in total. The van der Waals surface area contributed by atoms with Gasteiger partial charge in [0, 0.05) is 11.1 Å². The number of alkyl halides is 3. The first-order valence-corrected chi connectivity index (χ1v) is 8.29. The second-order valence-electron chi connectivity index (χ2n) is 5.17. The SMILES string of the molecule is O=C(NS(=O)(=O)C1CC1)c1ccc(-c2noc(C(F)(F)F)n2)cc1. The molecule has 0 atom stereocenters. The molecule has 0 aliphatic heterocycles. The third-order valence-corrected chi connectivity index (χ3v) is 5.09. The Hall–Kier alpha value is -2.43. The summed E-state index contributed by atoms with van der Waals surface area (Å²) in [5.41, 5.74) is 0.235. The zero-order chi connectivity index (χ0) is 17.5. The molecule has 3 rings (SSSR count). The third-order valence-electron chi connectivity index (χ3n) is 3.27. The van der Waals surface area contributed by atoms with E-state index in [0.717, 1.165) is 0 Å². The van der Waals surface area contributed by atoms with Crippen LogP contribution < -0.4 is 4.72 Å². The van der Waals surface area contributed by atoms with Crippen molar-refractivity contribution in [1.29, 1.82) is 0 Å². The van der Waals surface area contributed by atoms with Crippen molar-refractivity contribution in [2.45, 2.75) is 24.3 Å². The van der Waals surface area contributed by atoms with E-state index in [1.807, 2.05) is 4.72 Å². The zero-order valence-electron chi connectivity index (χ0n) is 11.9. The lowest BCUT2D eigenvalue weighted by Crippen LogP contribution is -2.33. The lowest BCUT2D eigenvalue weighted by atomic mass is 10.1. The van der Waals surface area contributed by atoms with Gasteiger partial charge in [0.15, 0.2) is 0 Å². The smallest absolute Gasteiger partial charge is 0.329 e. The molecular formula is C13H10F3N3O4S. The minimum atomic E-state index is -4.75. The number of amides is 1. The van der Waals surface area contributed by atoms with Gasteiger partial charge in [0.2, 0.25) is 15.8 Å². The van der Waals surface area contributed by atoms with Crippen LogP contribution in [-0.2, 0) is 16.2 Å². The van der Waals surface area contributed by atoms with Crippen LogP contribution in [0.15, 0.2) is 28.8 Å². The molecule has 11 heteroatoms. The van der Waals surface area contributed by atoms with E-state index < -0.39 is 33.2 Å². The van der Waals surface area contributed by atoms with Crippen molar-refractivity contribution in [3.63, 3.8) is 0 Å². The van der Waals surface area contributed by atoms with Crippen LogP contribution >= 0.6 is 0 Å². The maximum atomic E-state index is 12.4. The first-order chi connectivity index (χ1) is 11.2. The van der Waals surface area contributed by atoms with Gasteiger partial charge in [-0.2, -0.15) is 18.2 Å². The van der Waals surface area contributed by atoms with Gasteiger partial charge in [-0.3, -0.25) is 4.79 Å². The normalized spacial score (nSPS) is 15.3. The first kappa shape index (κ1) is 16.4. The minimum Gasteiger partial charge on any atom is -0.329 e. The number of aromatic nitrogens is 2. The van der Waals surface area contributed by atoms with Gasteiger partial charge in [0.1, 0.15) is 0 Å². The molecule has 1 fully saturated rings. The van der Waals surface area contributed by atoms with Crippen molar-refractivity contribution in [2.24, 2.45) is 0 Å². The maximum absolute atomic E-state index is 12.4. The van der Waals surface area contributed by atoms with Crippen LogP contribution in [0, 0.1) is 0 Å². The highest BCUT2D eigenvalue weighted by molar-refractivity contribution is 7.91. The molecule has 24 heavy (non-hydrogen) atoms. The molecule has 1 N–H and O–H groups in total. The Kier molecular flexibility index (Phi) is 3.82. The summed E-state index contributed by atoms with van der Waals surface area (Å²) < 4.78 is 66.7. The number of sulfonamides is 1. The van der Waals surface area contributed by atoms with E-state index in [0.29, 0.717) is 12.8 Å². The molecule has 2 aromatic rings. The van der Waals surface area contributed by atoms with E-state index in [1.54, 1.807) is 0 Å². The van der Waals surface area contributed by atoms with E-state index in [4.69, 9.17) is 0 Å². The Morgan fingerprint density at radius 2 is 1.83 bits per heavy atom. The Labute approximate surface area is 133 Å². The van der Waals surface area contributed by atoms with Crippen molar-refractivity contribution in [3.8, 4) is 11.4 Å². The van der Waals surface area contributed by atoms with Gasteiger partial charge in [-0.1, -0.05) is 17.3 Å². The monoisotopic (exact) mass is 361 g/mol. The van der Waals surface area contributed by atoms with Crippen LogP contribution in [0.4, 0.5) is 13.2 Å². The van der Waals surface area contributed by atoms with Crippen molar-refractivity contribution in [3.05, 3.63) is 35.7 Å². The van der Waals surface area contributed by atoms with Gasteiger partial charge in [-0.25, -0.2) is 13.1 Å². The highest BCUT2D eigenvalue weighted by Gasteiger charge is 2.39. The summed E-state index contributed by atoms with van der Waals surface area (Å²) in [6, 6.07) is 5.11. The van der Waals surface area contributed by atoms with E-state index in [-0.39, 0.29) is 17.0 Å². The molecule has 1 aliphatic rings. The van der Waals surface area contributed by atoms with Crippen molar-refractivity contribution < 1.29 is 30.9 Å². The Morgan fingerprint density at radius 3 is 2.33 bits per heavy atom. The summed E-state index contributed by atoms with van der Waals surface area (Å²) in [4.78, 5) is 15.1. The largest absolute Gasteiger partial charge is 0.471 e. The van der Waals surface area contributed by atoms with Crippen molar-refractivity contribution >= 4 is 15.9 Å². The Bertz CT molecular complexity index is 871. The average Bonchev–Trinajstić information content (AvgIpc) is 3.24. The number of rotatable bonds is 4. The van der Waals surface area contributed by atoms with Crippen molar-refractivity contribution in [2.75, 3.05) is 0 Å². The fourth-order valence-corrected chi connectivity index (χ4v) is 3.18. The van der Waals surface area contributed by atoms with E-state index in [1.165, 1.54) is 24.3 Å². The lowest BCUT2D eigenvalue weighted by Gasteiger charge is -2.05. The zero-order valence-corrected chi connectivity index (χ0v) is 12.7. The number of benzene rings is 1. The van der Waals surface area contributed by atoms with Gasteiger partial charge < -0.3 is 4.52 Å². The van der Waals surface area contributed by atoms with Crippen LogP contribution in [0.3, 0.4) is 0 Å². The molecule has 1 aromatic heterocycles. The highest BCUT2D eigenvalue weighted by atomic mass is 32.2. The molecule has 0 radical (unpaired) electrons. The lowest BCUT2D eigenvalue weighted by molar-refractivity contribution is -0.159. The predicted molar refractivity (Wildman–Crippen MR) is 74.1 cm³/mol. The van der Waals surface area contributed by atoms with E-state index in [2.05, 4.69) is 14.7 Å². The fourth-order valence-electron chi connectivity index (χ4n) is 1.88. The molecule has 1 heterocycles. The summed E-state index contributed by atoms with van der Waals surface area (Å²) in [7, 11) is -3.67. The number of carbonyl (C=O) groups excluding carboxylic acids is 1. The molecule has 1 saturated carbocycles. The van der Waals surface area contributed by atoms with Crippen LogP contribution in [0.2, 0.25) is 0 Å². The predicted octanol–water partition coefficient (Wildman–Crippen LogP) is 1.98. The fraction of sp³-hybridized carbons (Fsp3) is 0.308. The molecule has 0 spiro atoms. The van der Waals surface area contributed by atoms with Gasteiger partial charge in [0.05, 0.1) is 5.25 Å². The van der Waals surface area contributed by atoms with E-state index >= 15 is 0 Å². The first-order valence-electron chi connectivity index (χ1n) is 6.74. The molecule has 1 amide bonds. The molecular weight excluding hydrogens is 351 g/mol. The molecule has 1 aliphatic carbocycles. The molecule has 1 aromatic carbocycles. The summed E-state index contributed by atoms with van der Waals surface area (Å²) in [6.07, 6.45) is -3.72. The molecule has 0 unspecified atom stereocenters. The van der Waals surface area contributed by atoms with Crippen LogP contribution in [0.5, 0.6) is 0 Å². The number of hydrogen-bond donors (Lipinski definition) is 1. The number of hydrogen-bond acceptors (Lipinski definition) is 6. The summed E-state index contributed by atoms with van der Waals surface area (Å²) in [5, 5.41) is 2.67. The minimum absolute atomic E-state index is 0.0440. The summed E-state index contributed by atoms with van der Waals surface area (Å²) in [5.74, 6) is -2.58. The highest BCUT2D eigenvalue weighted by Crippen LogP contribution is 2.29. The number of nitrogens with one attached hydrogen (secondary N) is 1. The quantitative estimate of drug-likeness (QED) is 0.893. The molecule has 128 valence electrons. The van der Waals surface area contributed by atoms with Crippen LogP contribution in [0.1, 0.15) is 29.1 Å². The standard InChI is InChI=1S/C13H10F3N3O4S/c14-13(15,16)12-17-10(18-23-12)7-1-3-8(4-2-7)11(20)19-24(21,22)9-5-6-9/h1-4,9H,5-6H2,(H,19,20). The summed E-state index contributed by atoms with van der Waals surface area (Å²) >= 11 is 0. The second kappa shape index (κ2) is 5.58. The van der Waals surface area contributed by atoms with Gasteiger partial charge in [-0.15, -0.1) is 0 Å². The molecule has 0 saturated heterocycles. The molecule has 0 bridgehead atoms. The summed E-state index contributed by atoms with van der Waals surface area (Å²) in [6.45, 7) is 0. The van der Waals surface area contributed by atoms with Gasteiger partial charge >= 0.3 is 12.1 Å². The van der Waals surface area contributed by atoms with Crippen LogP contribution in [0.25, 0.3) is 11.4 Å². The number of carbonyl (C=O) groups is 1. The number of nitrogens with zero attached hydrogens (tertiary/aromatic N) is 2. The number of halogens is 3. The van der Waals surface area contributed by atoms with Crippen LogP contribution in [-0.4, -0.2) is 29.7 Å². The van der Waals surface area contributed by atoms with E-state index in [9.17, 15) is 26.4 Å². The Morgan fingerprint density at radius 1 is 1.21 bits per heavy atom. The third kappa shape index (κ3) is 3.40. The van der Waals surface area contributed by atoms with Crippen molar-refractivity contribution in [1.82, 2.24) is 14.9 Å². The topological polar surface area (TPSA) is 102 Å². The Balaban J connectivity index is 1.75.